The topological polar surface area (TPSA) is 30.2 Å². The number of carbonyl (C=O) groups excluding carboxylic acids is 1. The lowest BCUT2D eigenvalue weighted by molar-refractivity contribution is 0.0991. The number of rotatable bonds is 3. The molecule has 0 spiro atoms. The lowest BCUT2D eigenvalue weighted by atomic mass is 10.1. The summed E-state index contributed by atoms with van der Waals surface area (Å²) >= 11 is 4.78. The minimum atomic E-state index is 0.0732. The van der Waals surface area contributed by atoms with E-state index in [9.17, 15) is 4.79 Å². The maximum atomic E-state index is 11.7. The standard InChI is InChI=1S/C10H7BrO2S/c11-10-8(1-3-13-10)9(12)5-7-2-4-14-6-7/h1-4,6H,5H2. The minimum absolute atomic E-state index is 0.0732. The van der Waals surface area contributed by atoms with Crippen molar-refractivity contribution in [2.45, 2.75) is 6.42 Å². The van der Waals surface area contributed by atoms with Crippen molar-refractivity contribution in [1.29, 1.82) is 0 Å². The zero-order valence-electron chi connectivity index (χ0n) is 7.20. The second-order valence-corrected chi connectivity index (χ2v) is 4.34. The van der Waals surface area contributed by atoms with Crippen LogP contribution in [0.3, 0.4) is 0 Å². The van der Waals surface area contributed by atoms with E-state index in [4.69, 9.17) is 4.42 Å². The highest BCUT2D eigenvalue weighted by molar-refractivity contribution is 9.10. The van der Waals surface area contributed by atoms with Crippen molar-refractivity contribution in [1.82, 2.24) is 0 Å². The van der Waals surface area contributed by atoms with E-state index in [1.807, 2.05) is 16.8 Å². The number of halogens is 1. The Morgan fingerprint density at radius 2 is 2.36 bits per heavy atom. The van der Waals surface area contributed by atoms with Crippen LogP contribution < -0.4 is 0 Å². The van der Waals surface area contributed by atoms with Gasteiger partial charge in [0.1, 0.15) is 0 Å². The molecule has 14 heavy (non-hydrogen) atoms. The predicted octanol–water partition coefficient (Wildman–Crippen LogP) is 3.53. The van der Waals surface area contributed by atoms with Crippen molar-refractivity contribution in [3.05, 3.63) is 45.0 Å². The van der Waals surface area contributed by atoms with Gasteiger partial charge >= 0.3 is 0 Å². The number of hydrogen-bond donors (Lipinski definition) is 0. The monoisotopic (exact) mass is 270 g/mol. The Morgan fingerprint density at radius 3 is 2.93 bits per heavy atom. The summed E-state index contributed by atoms with van der Waals surface area (Å²) in [5, 5.41) is 3.94. The predicted molar refractivity (Wildman–Crippen MR) is 58.8 cm³/mol. The van der Waals surface area contributed by atoms with Crippen LogP contribution in [0.15, 0.2) is 38.2 Å². The molecule has 0 radical (unpaired) electrons. The lowest BCUT2D eigenvalue weighted by Crippen LogP contribution is -2.01. The molecule has 0 bridgehead atoms. The van der Waals surface area contributed by atoms with E-state index in [-0.39, 0.29) is 5.78 Å². The third kappa shape index (κ3) is 1.96. The molecule has 0 amide bonds. The van der Waals surface area contributed by atoms with Gasteiger partial charge in [-0.05, 0) is 44.4 Å². The van der Waals surface area contributed by atoms with Crippen LogP contribution in [0.5, 0.6) is 0 Å². The summed E-state index contributed by atoms with van der Waals surface area (Å²) in [4.78, 5) is 11.7. The largest absolute Gasteiger partial charge is 0.457 e. The third-order valence-electron chi connectivity index (χ3n) is 1.86. The Morgan fingerprint density at radius 1 is 1.50 bits per heavy atom. The van der Waals surface area contributed by atoms with Crippen LogP contribution in [-0.2, 0) is 6.42 Å². The van der Waals surface area contributed by atoms with E-state index >= 15 is 0 Å². The van der Waals surface area contributed by atoms with Crippen LogP contribution >= 0.6 is 27.3 Å². The summed E-state index contributed by atoms with van der Waals surface area (Å²) in [5.41, 5.74) is 1.66. The smallest absolute Gasteiger partial charge is 0.179 e. The molecule has 0 aliphatic carbocycles. The Kier molecular flexibility index (Phi) is 2.84. The molecule has 2 aromatic heterocycles. The number of ketones is 1. The van der Waals surface area contributed by atoms with Gasteiger partial charge in [0.25, 0.3) is 0 Å². The first-order valence-corrected chi connectivity index (χ1v) is 5.78. The van der Waals surface area contributed by atoms with Gasteiger partial charge in [-0.2, -0.15) is 11.3 Å². The third-order valence-corrected chi connectivity index (χ3v) is 3.21. The van der Waals surface area contributed by atoms with Crippen LogP contribution in [0, 0.1) is 0 Å². The van der Waals surface area contributed by atoms with E-state index in [0.717, 1.165) is 5.56 Å². The maximum Gasteiger partial charge on any atom is 0.179 e. The normalized spacial score (nSPS) is 10.4. The Bertz CT molecular complexity index is 431. The number of thiophene rings is 1. The van der Waals surface area contributed by atoms with E-state index in [2.05, 4.69) is 15.9 Å². The summed E-state index contributed by atoms with van der Waals surface area (Å²) < 4.78 is 5.52. The molecule has 0 aliphatic heterocycles. The summed E-state index contributed by atoms with van der Waals surface area (Å²) in [6.45, 7) is 0. The van der Waals surface area contributed by atoms with E-state index in [1.165, 1.54) is 6.26 Å². The molecule has 2 aromatic rings. The van der Waals surface area contributed by atoms with Crippen LogP contribution in [0.2, 0.25) is 0 Å². The van der Waals surface area contributed by atoms with Crippen molar-refractivity contribution < 1.29 is 9.21 Å². The van der Waals surface area contributed by atoms with Crippen molar-refractivity contribution >= 4 is 33.0 Å². The molecule has 2 heterocycles. The van der Waals surface area contributed by atoms with Gasteiger partial charge in [-0.15, -0.1) is 0 Å². The molecule has 0 unspecified atom stereocenters. The first-order chi connectivity index (χ1) is 6.77. The average molecular weight is 271 g/mol. The average Bonchev–Trinajstić information content (AvgIpc) is 2.75. The summed E-state index contributed by atoms with van der Waals surface area (Å²) in [5.74, 6) is 0.0732. The fourth-order valence-electron chi connectivity index (χ4n) is 1.17. The second kappa shape index (κ2) is 4.11. The first-order valence-electron chi connectivity index (χ1n) is 4.04. The number of furan rings is 1. The number of Topliss-reactive ketones (excluding diaryl/α,β-unsaturated/α-hetero) is 1. The van der Waals surface area contributed by atoms with Gasteiger partial charge in [0.15, 0.2) is 10.5 Å². The zero-order chi connectivity index (χ0) is 9.97. The van der Waals surface area contributed by atoms with E-state index in [0.29, 0.717) is 16.7 Å². The van der Waals surface area contributed by atoms with Gasteiger partial charge in [0, 0.05) is 6.42 Å². The molecular weight excluding hydrogens is 264 g/mol. The van der Waals surface area contributed by atoms with Crippen LogP contribution in [0.4, 0.5) is 0 Å². The molecule has 0 saturated carbocycles. The summed E-state index contributed by atoms with van der Waals surface area (Å²) in [6, 6.07) is 3.63. The molecule has 0 aromatic carbocycles. The van der Waals surface area contributed by atoms with Gasteiger partial charge < -0.3 is 4.42 Å². The van der Waals surface area contributed by atoms with E-state index < -0.39 is 0 Å². The van der Waals surface area contributed by atoms with Gasteiger partial charge in [0.2, 0.25) is 0 Å². The molecule has 72 valence electrons. The molecule has 0 aliphatic rings. The zero-order valence-corrected chi connectivity index (χ0v) is 9.60. The van der Waals surface area contributed by atoms with Crippen molar-refractivity contribution in [3.63, 3.8) is 0 Å². The highest BCUT2D eigenvalue weighted by Crippen LogP contribution is 2.20. The second-order valence-electron chi connectivity index (χ2n) is 2.84. The molecule has 0 saturated heterocycles. The highest BCUT2D eigenvalue weighted by Gasteiger charge is 2.12. The van der Waals surface area contributed by atoms with Crippen LogP contribution in [-0.4, -0.2) is 5.78 Å². The van der Waals surface area contributed by atoms with Crippen molar-refractivity contribution in [2.24, 2.45) is 0 Å². The van der Waals surface area contributed by atoms with Crippen LogP contribution in [0.25, 0.3) is 0 Å². The summed E-state index contributed by atoms with van der Waals surface area (Å²) in [6.07, 6.45) is 1.94. The van der Waals surface area contributed by atoms with Gasteiger partial charge in [-0.3, -0.25) is 4.79 Å². The van der Waals surface area contributed by atoms with Crippen molar-refractivity contribution in [3.8, 4) is 0 Å². The molecule has 0 N–H and O–H groups in total. The quantitative estimate of drug-likeness (QED) is 0.799. The molecule has 2 nitrogen and oxygen atoms in total. The Labute approximate surface area is 93.7 Å². The lowest BCUT2D eigenvalue weighted by Gasteiger charge is -1.95. The van der Waals surface area contributed by atoms with E-state index in [1.54, 1.807) is 17.4 Å². The molecule has 4 heteroatoms. The first kappa shape index (κ1) is 9.68. The molecule has 2 rings (SSSR count). The number of carbonyl (C=O) groups is 1. The highest BCUT2D eigenvalue weighted by atomic mass is 79.9. The minimum Gasteiger partial charge on any atom is -0.457 e. The molecule has 0 fully saturated rings. The SMILES string of the molecule is O=C(Cc1ccsc1)c1ccoc1Br. The Hall–Kier alpha value is -0.870. The van der Waals surface area contributed by atoms with Gasteiger partial charge in [-0.25, -0.2) is 0 Å². The van der Waals surface area contributed by atoms with Crippen LogP contribution in [0.1, 0.15) is 15.9 Å². The molecule has 0 atom stereocenters. The maximum absolute atomic E-state index is 11.7. The van der Waals surface area contributed by atoms with Crippen molar-refractivity contribution in [2.75, 3.05) is 0 Å². The molecular formula is C10H7BrO2S. The fraction of sp³-hybridized carbons (Fsp3) is 0.100. The summed E-state index contributed by atoms with van der Waals surface area (Å²) in [7, 11) is 0. The van der Waals surface area contributed by atoms with Gasteiger partial charge in [0.05, 0.1) is 11.8 Å². The number of hydrogen-bond acceptors (Lipinski definition) is 3. The fourth-order valence-corrected chi connectivity index (χ4v) is 2.30. The van der Waals surface area contributed by atoms with Gasteiger partial charge in [-0.1, -0.05) is 0 Å². The Balaban J connectivity index is 2.14.